The first kappa shape index (κ1) is 21.3. The van der Waals surface area contributed by atoms with Crippen LogP contribution in [0.5, 0.6) is 5.88 Å². The highest BCUT2D eigenvalue weighted by Gasteiger charge is 2.38. The van der Waals surface area contributed by atoms with E-state index in [0.29, 0.717) is 6.92 Å². The molecule has 0 saturated heterocycles. The minimum atomic E-state index is -4.69. The second-order valence-electron chi connectivity index (χ2n) is 5.41. The minimum Gasteiger partial charge on any atom is -0.463 e. The minimum absolute atomic E-state index is 0.0832. The SMILES string of the molecule is Cc1nc(NN=CC(F)(F)F)cnc1-c1cnc(O[C@H](C)C(F)(F)F)c(F)c1. The lowest BCUT2D eigenvalue weighted by molar-refractivity contribution is -0.190. The van der Waals surface area contributed by atoms with Crippen molar-refractivity contribution in [3.05, 3.63) is 30.0 Å². The highest BCUT2D eigenvalue weighted by molar-refractivity contribution is 5.65. The standard InChI is InChI=1S/C15H12F7N5O/c1-7-12(23-5-11(26-7)27-25-6-14(17,18)19)9-3-10(16)13(24-4-9)28-8(2)15(20,21)22/h3-6,8H,1-2H3,(H,26,27)/t8-/m1/s1. The topological polar surface area (TPSA) is 72.3 Å². The van der Waals surface area contributed by atoms with Gasteiger partial charge < -0.3 is 4.74 Å². The van der Waals surface area contributed by atoms with E-state index in [4.69, 9.17) is 0 Å². The summed E-state index contributed by atoms with van der Waals surface area (Å²) in [6, 6.07) is 0.858. The molecule has 2 aromatic rings. The molecule has 0 aliphatic carbocycles. The van der Waals surface area contributed by atoms with Crippen molar-refractivity contribution in [2.45, 2.75) is 32.3 Å². The van der Waals surface area contributed by atoms with Gasteiger partial charge >= 0.3 is 12.4 Å². The van der Waals surface area contributed by atoms with Crippen LogP contribution >= 0.6 is 0 Å². The lowest BCUT2D eigenvalue weighted by Gasteiger charge is -2.17. The van der Waals surface area contributed by atoms with Crippen LogP contribution in [0.4, 0.5) is 36.6 Å². The van der Waals surface area contributed by atoms with Crippen LogP contribution in [0.25, 0.3) is 11.3 Å². The molecule has 0 amide bonds. The Labute approximate surface area is 153 Å². The number of pyridine rings is 1. The third-order valence-electron chi connectivity index (χ3n) is 3.17. The van der Waals surface area contributed by atoms with E-state index in [-0.39, 0.29) is 29.0 Å². The highest BCUT2D eigenvalue weighted by atomic mass is 19.4. The largest absolute Gasteiger partial charge is 0.463 e. The quantitative estimate of drug-likeness (QED) is 0.452. The highest BCUT2D eigenvalue weighted by Crippen LogP contribution is 2.28. The maximum Gasteiger partial charge on any atom is 0.428 e. The number of hydrogen-bond donors (Lipinski definition) is 1. The van der Waals surface area contributed by atoms with Gasteiger partial charge in [0.05, 0.1) is 17.6 Å². The van der Waals surface area contributed by atoms with Crippen molar-refractivity contribution in [1.82, 2.24) is 15.0 Å². The molecule has 0 aromatic carbocycles. The Morgan fingerprint density at radius 1 is 1.14 bits per heavy atom. The number of aryl methyl sites for hydroxylation is 1. The van der Waals surface area contributed by atoms with E-state index in [0.717, 1.165) is 18.5 Å². The van der Waals surface area contributed by atoms with Crippen molar-refractivity contribution in [3.8, 4) is 17.1 Å². The molecule has 0 spiro atoms. The summed E-state index contributed by atoms with van der Waals surface area (Å²) < 4.78 is 91.9. The van der Waals surface area contributed by atoms with Gasteiger partial charge in [0.1, 0.15) is 6.21 Å². The molecule has 28 heavy (non-hydrogen) atoms. The smallest absolute Gasteiger partial charge is 0.428 e. The van der Waals surface area contributed by atoms with E-state index in [1.165, 1.54) is 6.92 Å². The fourth-order valence-electron chi connectivity index (χ4n) is 1.87. The molecule has 0 bridgehead atoms. The van der Waals surface area contributed by atoms with Gasteiger partial charge in [-0.15, -0.1) is 0 Å². The molecule has 2 heterocycles. The van der Waals surface area contributed by atoms with E-state index in [9.17, 15) is 30.7 Å². The van der Waals surface area contributed by atoms with Gasteiger partial charge in [-0.1, -0.05) is 0 Å². The van der Waals surface area contributed by atoms with E-state index < -0.39 is 30.2 Å². The van der Waals surface area contributed by atoms with Crippen LogP contribution in [0.2, 0.25) is 0 Å². The maximum absolute atomic E-state index is 14.0. The number of nitrogens with one attached hydrogen (secondary N) is 1. The molecule has 1 atom stereocenters. The lowest BCUT2D eigenvalue weighted by Crippen LogP contribution is -2.31. The fourth-order valence-corrected chi connectivity index (χ4v) is 1.87. The molecule has 0 unspecified atom stereocenters. The van der Waals surface area contributed by atoms with Gasteiger partial charge in [-0.05, 0) is 19.9 Å². The Kier molecular flexibility index (Phi) is 6.04. The normalized spacial score (nSPS) is 13.6. The van der Waals surface area contributed by atoms with Gasteiger partial charge in [-0.25, -0.2) is 14.4 Å². The average molecular weight is 411 g/mol. The van der Waals surface area contributed by atoms with Crippen LogP contribution in [-0.4, -0.2) is 39.6 Å². The molecule has 152 valence electrons. The number of nitrogens with zero attached hydrogens (tertiary/aromatic N) is 4. The van der Waals surface area contributed by atoms with Crippen molar-refractivity contribution in [1.29, 1.82) is 0 Å². The van der Waals surface area contributed by atoms with E-state index >= 15 is 0 Å². The summed E-state index contributed by atoms with van der Waals surface area (Å²) in [5, 5.41) is 2.95. The number of halogens is 7. The molecular formula is C15H12F7N5O. The van der Waals surface area contributed by atoms with Crippen molar-refractivity contribution < 1.29 is 35.5 Å². The van der Waals surface area contributed by atoms with Gasteiger partial charge in [0, 0.05) is 11.8 Å². The number of hydrogen-bond acceptors (Lipinski definition) is 6. The number of anilines is 1. The molecule has 2 aromatic heterocycles. The van der Waals surface area contributed by atoms with Gasteiger partial charge in [0.25, 0.3) is 5.88 Å². The van der Waals surface area contributed by atoms with Crippen LogP contribution < -0.4 is 10.2 Å². The van der Waals surface area contributed by atoms with Crippen molar-refractivity contribution in [2.75, 3.05) is 5.43 Å². The summed E-state index contributed by atoms with van der Waals surface area (Å²) in [6.07, 6.45) is -9.75. The molecule has 6 nitrogen and oxygen atoms in total. The van der Waals surface area contributed by atoms with Crippen LogP contribution in [0.15, 0.2) is 23.6 Å². The van der Waals surface area contributed by atoms with Crippen LogP contribution in [0.1, 0.15) is 12.6 Å². The predicted octanol–water partition coefficient (Wildman–Crippen LogP) is 4.28. The van der Waals surface area contributed by atoms with Crippen LogP contribution in [-0.2, 0) is 0 Å². The van der Waals surface area contributed by atoms with Crippen molar-refractivity contribution >= 4 is 12.0 Å². The summed E-state index contributed by atoms with van der Waals surface area (Å²) in [7, 11) is 0. The molecule has 0 saturated carbocycles. The number of ether oxygens (including phenoxy) is 1. The number of rotatable bonds is 5. The molecule has 0 fully saturated rings. The summed E-state index contributed by atoms with van der Waals surface area (Å²) >= 11 is 0. The average Bonchev–Trinajstić information content (AvgIpc) is 2.55. The Balaban J connectivity index is 2.19. The summed E-state index contributed by atoms with van der Waals surface area (Å²) in [5.41, 5.74) is 2.42. The number of alkyl halides is 6. The summed E-state index contributed by atoms with van der Waals surface area (Å²) in [5.74, 6) is -2.08. The molecule has 0 aliphatic heterocycles. The van der Waals surface area contributed by atoms with E-state index in [1.54, 1.807) is 0 Å². The van der Waals surface area contributed by atoms with Gasteiger partial charge in [-0.2, -0.15) is 31.4 Å². The molecule has 13 heteroatoms. The first-order valence-corrected chi connectivity index (χ1v) is 7.46. The van der Waals surface area contributed by atoms with Gasteiger partial charge in [0.2, 0.25) is 0 Å². The fraction of sp³-hybridized carbons (Fsp3) is 0.333. The van der Waals surface area contributed by atoms with Gasteiger partial charge in [-0.3, -0.25) is 10.4 Å². The molecule has 2 rings (SSSR count). The molecule has 0 radical (unpaired) electrons. The van der Waals surface area contributed by atoms with E-state index in [1.807, 2.05) is 5.43 Å². The van der Waals surface area contributed by atoms with Crippen LogP contribution in [0, 0.1) is 12.7 Å². The molecule has 0 aliphatic rings. The third-order valence-corrected chi connectivity index (χ3v) is 3.17. The first-order chi connectivity index (χ1) is 12.9. The van der Waals surface area contributed by atoms with Crippen molar-refractivity contribution in [3.63, 3.8) is 0 Å². The lowest BCUT2D eigenvalue weighted by atomic mass is 10.1. The Morgan fingerprint density at radius 2 is 1.82 bits per heavy atom. The van der Waals surface area contributed by atoms with Crippen molar-refractivity contribution in [2.24, 2.45) is 5.10 Å². The van der Waals surface area contributed by atoms with Gasteiger partial charge in [0.15, 0.2) is 17.7 Å². The number of aromatic nitrogens is 3. The molecule has 1 N–H and O–H groups in total. The zero-order chi connectivity index (χ0) is 21.1. The predicted molar refractivity (Wildman–Crippen MR) is 84.3 cm³/mol. The summed E-state index contributed by atoms with van der Waals surface area (Å²) in [6.45, 7) is 2.15. The Bertz CT molecular complexity index is 867. The zero-order valence-electron chi connectivity index (χ0n) is 14.2. The Hall–Kier alpha value is -2.99. The molecular weight excluding hydrogens is 399 g/mol. The monoisotopic (exact) mass is 411 g/mol. The number of hydrazone groups is 1. The zero-order valence-corrected chi connectivity index (χ0v) is 14.2. The third kappa shape index (κ3) is 5.76. The van der Waals surface area contributed by atoms with E-state index in [2.05, 4.69) is 24.8 Å². The Morgan fingerprint density at radius 3 is 2.36 bits per heavy atom. The van der Waals surface area contributed by atoms with Crippen LogP contribution in [0.3, 0.4) is 0 Å². The second-order valence-corrected chi connectivity index (χ2v) is 5.41. The maximum atomic E-state index is 14.0. The first-order valence-electron chi connectivity index (χ1n) is 7.46. The summed E-state index contributed by atoms with van der Waals surface area (Å²) in [4.78, 5) is 11.4. The second kappa shape index (κ2) is 7.94.